The van der Waals surface area contributed by atoms with E-state index in [-0.39, 0.29) is 18.0 Å². The fourth-order valence-electron chi connectivity index (χ4n) is 4.17. The predicted molar refractivity (Wildman–Crippen MR) is 117 cm³/mol. The number of carbonyl (C=O) groups excluding carboxylic acids is 2. The third kappa shape index (κ3) is 4.57. The number of aryl methyl sites for hydroxylation is 1. The highest BCUT2D eigenvalue weighted by atomic mass is 35.5. The molecule has 1 saturated carbocycles. The summed E-state index contributed by atoms with van der Waals surface area (Å²) in [4.78, 5) is 26.1. The third-order valence-corrected chi connectivity index (χ3v) is 6.45. The molecule has 2 N–H and O–H groups in total. The van der Waals surface area contributed by atoms with Gasteiger partial charge in [-0.25, -0.2) is 4.79 Å². The lowest BCUT2D eigenvalue weighted by molar-refractivity contribution is 0.0920. The van der Waals surface area contributed by atoms with E-state index in [0.717, 1.165) is 37.9 Å². The zero-order valence-electron chi connectivity index (χ0n) is 16.8. The number of amides is 3. The van der Waals surface area contributed by atoms with Gasteiger partial charge in [0.1, 0.15) is 0 Å². The molecular formula is C21H25Cl2N5O2. The summed E-state index contributed by atoms with van der Waals surface area (Å²) in [6.45, 7) is 4.14. The second-order valence-corrected chi connectivity index (χ2v) is 8.87. The maximum atomic E-state index is 12.6. The summed E-state index contributed by atoms with van der Waals surface area (Å²) in [7, 11) is 0. The maximum absolute atomic E-state index is 12.6. The van der Waals surface area contributed by atoms with Gasteiger partial charge in [-0.05, 0) is 56.7 Å². The minimum absolute atomic E-state index is 0.0873. The van der Waals surface area contributed by atoms with Crippen molar-refractivity contribution in [1.29, 1.82) is 0 Å². The molecule has 3 amide bonds. The van der Waals surface area contributed by atoms with Crippen LogP contribution in [-0.2, 0) is 6.54 Å². The zero-order valence-corrected chi connectivity index (χ0v) is 18.3. The monoisotopic (exact) mass is 449 g/mol. The Labute approximate surface area is 185 Å². The first kappa shape index (κ1) is 21.0. The summed E-state index contributed by atoms with van der Waals surface area (Å²) in [5, 5.41) is 11.4. The van der Waals surface area contributed by atoms with Gasteiger partial charge >= 0.3 is 6.03 Å². The number of urea groups is 1. The van der Waals surface area contributed by atoms with Gasteiger partial charge in [0.25, 0.3) is 5.91 Å². The van der Waals surface area contributed by atoms with Crippen LogP contribution in [0, 0.1) is 12.8 Å². The molecule has 2 fully saturated rings. The minimum Gasteiger partial charge on any atom is -0.349 e. The lowest BCUT2D eigenvalue weighted by atomic mass is 9.86. The topological polar surface area (TPSA) is 79.3 Å². The Morgan fingerprint density at radius 1 is 1.23 bits per heavy atom. The SMILES string of the molecule is Cc1cc(N2CCNC2=O)nn1CC1CCC(NC(=O)c2cc(Cl)ccc2Cl)CC1. The Hall–Kier alpha value is -2.25. The first-order valence-electron chi connectivity index (χ1n) is 10.3. The fourth-order valence-corrected chi connectivity index (χ4v) is 4.54. The van der Waals surface area contributed by atoms with Gasteiger partial charge in [0, 0.05) is 42.5 Å². The molecule has 0 bridgehead atoms. The van der Waals surface area contributed by atoms with Crippen LogP contribution in [0.3, 0.4) is 0 Å². The van der Waals surface area contributed by atoms with Crippen LogP contribution in [0.2, 0.25) is 10.0 Å². The minimum atomic E-state index is -0.178. The highest BCUT2D eigenvalue weighted by Crippen LogP contribution is 2.28. The molecule has 0 unspecified atom stereocenters. The Balaban J connectivity index is 1.31. The molecule has 0 radical (unpaired) electrons. The number of rotatable bonds is 5. The molecule has 1 saturated heterocycles. The number of carbonyl (C=O) groups is 2. The average molecular weight is 450 g/mol. The number of hydrogen-bond acceptors (Lipinski definition) is 3. The van der Waals surface area contributed by atoms with Gasteiger partial charge in [-0.3, -0.25) is 14.4 Å². The lowest BCUT2D eigenvalue weighted by Crippen LogP contribution is -2.38. The molecule has 1 aliphatic heterocycles. The maximum Gasteiger partial charge on any atom is 0.323 e. The number of aromatic nitrogens is 2. The van der Waals surface area contributed by atoms with E-state index < -0.39 is 0 Å². The molecule has 2 aromatic rings. The normalized spacial score (nSPS) is 21.6. The summed E-state index contributed by atoms with van der Waals surface area (Å²) >= 11 is 12.1. The van der Waals surface area contributed by atoms with Crippen LogP contribution in [-0.4, -0.2) is 40.9 Å². The Kier molecular flexibility index (Phi) is 6.20. The number of anilines is 1. The second-order valence-electron chi connectivity index (χ2n) is 8.02. The van der Waals surface area contributed by atoms with Crippen molar-refractivity contribution in [3.8, 4) is 0 Å². The van der Waals surface area contributed by atoms with Crippen LogP contribution in [0.5, 0.6) is 0 Å². The predicted octanol–water partition coefficient (Wildman–Crippen LogP) is 4.02. The standard InChI is InChI=1S/C21H25Cl2N5O2/c1-13-10-19(27-9-8-24-21(27)30)26-28(13)12-14-2-5-16(6-3-14)25-20(29)17-11-15(22)4-7-18(17)23/h4,7,10-11,14,16H,2-3,5-6,8-9,12H2,1H3,(H,24,30)(H,25,29). The highest BCUT2D eigenvalue weighted by Gasteiger charge is 2.27. The summed E-state index contributed by atoms with van der Waals surface area (Å²) in [6.07, 6.45) is 3.84. The van der Waals surface area contributed by atoms with Crippen molar-refractivity contribution in [3.05, 3.63) is 45.6 Å². The van der Waals surface area contributed by atoms with Crippen molar-refractivity contribution >= 4 is 41.0 Å². The summed E-state index contributed by atoms with van der Waals surface area (Å²) < 4.78 is 2.00. The number of halogens is 2. The molecule has 1 aromatic heterocycles. The van der Waals surface area contributed by atoms with Crippen LogP contribution in [0.1, 0.15) is 41.7 Å². The van der Waals surface area contributed by atoms with Crippen LogP contribution >= 0.6 is 23.2 Å². The molecule has 9 heteroatoms. The Morgan fingerprint density at radius 3 is 2.70 bits per heavy atom. The summed E-state index contributed by atoms with van der Waals surface area (Å²) in [5.74, 6) is 1.02. The van der Waals surface area contributed by atoms with Gasteiger partial charge in [-0.1, -0.05) is 23.2 Å². The van der Waals surface area contributed by atoms with E-state index in [2.05, 4.69) is 15.7 Å². The molecule has 1 aliphatic carbocycles. The summed E-state index contributed by atoms with van der Waals surface area (Å²) in [6, 6.07) is 6.92. The Bertz CT molecular complexity index is 953. The van der Waals surface area contributed by atoms with Crippen LogP contribution < -0.4 is 15.5 Å². The van der Waals surface area contributed by atoms with E-state index in [0.29, 0.717) is 40.4 Å². The molecule has 160 valence electrons. The number of nitrogens with zero attached hydrogens (tertiary/aromatic N) is 3. The molecule has 7 nitrogen and oxygen atoms in total. The van der Waals surface area contributed by atoms with Gasteiger partial charge in [0.15, 0.2) is 5.82 Å². The van der Waals surface area contributed by atoms with E-state index in [1.165, 1.54) is 0 Å². The average Bonchev–Trinajstić information content (AvgIpc) is 3.30. The smallest absolute Gasteiger partial charge is 0.323 e. The highest BCUT2D eigenvalue weighted by molar-refractivity contribution is 6.35. The lowest BCUT2D eigenvalue weighted by Gasteiger charge is -2.29. The molecule has 0 spiro atoms. The van der Waals surface area contributed by atoms with Crippen molar-refractivity contribution in [2.24, 2.45) is 5.92 Å². The van der Waals surface area contributed by atoms with E-state index in [1.54, 1.807) is 23.1 Å². The molecule has 1 aromatic carbocycles. The van der Waals surface area contributed by atoms with Crippen molar-refractivity contribution in [3.63, 3.8) is 0 Å². The number of hydrogen-bond donors (Lipinski definition) is 2. The molecule has 0 atom stereocenters. The van der Waals surface area contributed by atoms with Gasteiger partial charge in [0.2, 0.25) is 0 Å². The van der Waals surface area contributed by atoms with Crippen LogP contribution in [0.4, 0.5) is 10.6 Å². The molecular weight excluding hydrogens is 425 g/mol. The molecule has 30 heavy (non-hydrogen) atoms. The van der Waals surface area contributed by atoms with Crippen molar-refractivity contribution in [1.82, 2.24) is 20.4 Å². The molecule has 2 heterocycles. The first-order chi connectivity index (χ1) is 14.4. The largest absolute Gasteiger partial charge is 0.349 e. The van der Waals surface area contributed by atoms with Gasteiger partial charge in [0.05, 0.1) is 10.6 Å². The Morgan fingerprint density at radius 2 is 2.00 bits per heavy atom. The number of benzene rings is 1. The van der Waals surface area contributed by atoms with E-state index in [4.69, 9.17) is 23.2 Å². The van der Waals surface area contributed by atoms with E-state index in [1.807, 2.05) is 17.7 Å². The second kappa shape index (κ2) is 8.86. The molecule has 2 aliphatic rings. The molecule has 4 rings (SSSR count). The first-order valence-corrected chi connectivity index (χ1v) is 11.0. The van der Waals surface area contributed by atoms with Crippen molar-refractivity contribution in [2.45, 2.75) is 45.2 Å². The van der Waals surface area contributed by atoms with Crippen molar-refractivity contribution < 1.29 is 9.59 Å². The fraction of sp³-hybridized carbons (Fsp3) is 0.476. The van der Waals surface area contributed by atoms with Gasteiger partial charge in [-0.15, -0.1) is 0 Å². The van der Waals surface area contributed by atoms with Gasteiger partial charge < -0.3 is 10.6 Å². The third-order valence-electron chi connectivity index (χ3n) is 5.89. The van der Waals surface area contributed by atoms with E-state index >= 15 is 0 Å². The van der Waals surface area contributed by atoms with Gasteiger partial charge in [-0.2, -0.15) is 5.10 Å². The zero-order chi connectivity index (χ0) is 21.3. The van der Waals surface area contributed by atoms with Crippen LogP contribution in [0.15, 0.2) is 24.3 Å². The summed E-state index contributed by atoms with van der Waals surface area (Å²) in [5.41, 5.74) is 1.47. The number of nitrogens with one attached hydrogen (secondary N) is 2. The van der Waals surface area contributed by atoms with Crippen molar-refractivity contribution in [2.75, 3.05) is 18.0 Å². The quantitative estimate of drug-likeness (QED) is 0.723. The van der Waals surface area contributed by atoms with Crippen LogP contribution in [0.25, 0.3) is 0 Å². The van der Waals surface area contributed by atoms with E-state index in [9.17, 15) is 9.59 Å².